The van der Waals surface area contributed by atoms with E-state index in [0.29, 0.717) is 11.4 Å². The molecule has 1 N–H and O–H groups in total. The van der Waals surface area contributed by atoms with Crippen LogP contribution in [0.25, 0.3) is 0 Å². The molecule has 7 heteroatoms. The monoisotopic (exact) mass is 348 g/mol. The Morgan fingerprint density at radius 2 is 1.75 bits per heavy atom. The molecule has 2 aromatic carbocycles. The number of rotatable bonds is 6. The summed E-state index contributed by atoms with van der Waals surface area (Å²) in [5.74, 6) is 0.694. The molecule has 0 fully saturated rings. The average Bonchev–Trinajstić information content (AvgIpc) is 3.05. The van der Waals surface area contributed by atoms with Crippen LogP contribution in [0.2, 0.25) is 0 Å². The van der Waals surface area contributed by atoms with Crippen LogP contribution in [0, 0.1) is 0 Å². The van der Waals surface area contributed by atoms with Gasteiger partial charge in [-0.05, 0) is 50.2 Å². The quantitative estimate of drug-likeness (QED) is 0.869. The Morgan fingerprint density at radius 3 is 2.42 bits per heavy atom. The molecule has 0 spiro atoms. The number of hydrogen-bond acceptors (Lipinski definition) is 5. The highest BCUT2D eigenvalue weighted by molar-refractivity contribution is 7.92. The molecule has 0 saturated carbocycles. The van der Waals surface area contributed by atoms with Crippen LogP contribution in [-0.4, -0.2) is 28.3 Å². The molecule has 1 aliphatic heterocycles. The minimum atomic E-state index is -3.75. The first kappa shape index (κ1) is 16.4. The molecule has 0 aliphatic carbocycles. The van der Waals surface area contributed by atoms with Gasteiger partial charge in [-0.25, -0.2) is 8.42 Å². The summed E-state index contributed by atoms with van der Waals surface area (Å²) >= 11 is 0. The number of nitrogens with zero attached hydrogens (tertiary/aromatic N) is 1. The Bertz CT molecular complexity index is 815. The van der Waals surface area contributed by atoms with Gasteiger partial charge >= 0.3 is 0 Å². The molecule has 2 aromatic rings. The van der Waals surface area contributed by atoms with Crippen molar-refractivity contribution in [1.82, 2.24) is 0 Å². The third-order valence-electron chi connectivity index (χ3n) is 3.90. The zero-order valence-electron chi connectivity index (χ0n) is 13.7. The van der Waals surface area contributed by atoms with Crippen molar-refractivity contribution in [2.45, 2.75) is 18.7 Å². The van der Waals surface area contributed by atoms with Gasteiger partial charge in [-0.1, -0.05) is 6.07 Å². The number of hydrogen-bond donors (Lipinski definition) is 1. The van der Waals surface area contributed by atoms with Crippen LogP contribution in [0.3, 0.4) is 0 Å². The molecule has 0 saturated heterocycles. The SMILES string of the molecule is CCN(CC)c1ccc(NS(=O)(=O)c2cccc3c2OCO3)cc1. The maximum absolute atomic E-state index is 12.6. The first-order valence-electron chi connectivity index (χ1n) is 7.81. The number of para-hydroxylation sites is 1. The number of anilines is 2. The molecule has 128 valence electrons. The topological polar surface area (TPSA) is 67.9 Å². The van der Waals surface area contributed by atoms with Crippen molar-refractivity contribution < 1.29 is 17.9 Å². The third-order valence-corrected chi connectivity index (χ3v) is 5.30. The van der Waals surface area contributed by atoms with Gasteiger partial charge in [-0.3, -0.25) is 4.72 Å². The lowest BCUT2D eigenvalue weighted by Crippen LogP contribution is -2.21. The molecule has 0 bridgehead atoms. The van der Waals surface area contributed by atoms with Crippen molar-refractivity contribution in [3.63, 3.8) is 0 Å². The lowest BCUT2D eigenvalue weighted by atomic mass is 10.2. The summed E-state index contributed by atoms with van der Waals surface area (Å²) < 4.78 is 38.4. The van der Waals surface area contributed by atoms with Crippen LogP contribution in [0.5, 0.6) is 11.5 Å². The molecule has 24 heavy (non-hydrogen) atoms. The van der Waals surface area contributed by atoms with Crippen LogP contribution >= 0.6 is 0 Å². The van der Waals surface area contributed by atoms with E-state index in [2.05, 4.69) is 23.5 Å². The summed E-state index contributed by atoms with van der Waals surface area (Å²) in [6, 6.07) is 12.1. The van der Waals surface area contributed by atoms with Crippen LogP contribution in [-0.2, 0) is 10.0 Å². The van der Waals surface area contributed by atoms with Crippen molar-refractivity contribution in [2.24, 2.45) is 0 Å². The van der Waals surface area contributed by atoms with Crippen molar-refractivity contribution in [1.29, 1.82) is 0 Å². The van der Waals surface area contributed by atoms with E-state index < -0.39 is 10.0 Å². The van der Waals surface area contributed by atoms with Crippen LogP contribution < -0.4 is 19.1 Å². The molecular weight excluding hydrogens is 328 g/mol. The van der Waals surface area contributed by atoms with E-state index in [-0.39, 0.29) is 17.4 Å². The molecule has 3 rings (SSSR count). The lowest BCUT2D eigenvalue weighted by molar-refractivity contribution is 0.172. The summed E-state index contributed by atoms with van der Waals surface area (Å²) in [7, 11) is -3.75. The fourth-order valence-electron chi connectivity index (χ4n) is 2.65. The largest absolute Gasteiger partial charge is 0.454 e. The van der Waals surface area contributed by atoms with Gasteiger partial charge < -0.3 is 14.4 Å². The summed E-state index contributed by atoms with van der Waals surface area (Å²) in [4.78, 5) is 2.26. The van der Waals surface area contributed by atoms with Gasteiger partial charge in [0.2, 0.25) is 6.79 Å². The maximum Gasteiger partial charge on any atom is 0.265 e. The van der Waals surface area contributed by atoms with Crippen LogP contribution in [0.1, 0.15) is 13.8 Å². The molecule has 0 radical (unpaired) electrons. The smallest absolute Gasteiger partial charge is 0.265 e. The fourth-order valence-corrected chi connectivity index (χ4v) is 3.87. The average molecular weight is 348 g/mol. The third kappa shape index (κ3) is 3.12. The predicted molar refractivity (Wildman–Crippen MR) is 93.4 cm³/mol. The first-order chi connectivity index (χ1) is 11.5. The zero-order chi connectivity index (χ0) is 17.2. The van der Waals surface area contributed by atoms with Crippen LogP contribution in [0.4, 0.5) is 11.4 Å². The molecule has 1 aliphatic rings. The number of sulfonamides is 1. The van der Waals surface area contributed by atoms with Gasteiger partial charge in [0.05, 0.1) is 0 Å². The van der Waals surface area contributed by atoms with E-state index in [1.807, 2.05) is 12.1 Å². The van der Waals surface area contributed by atoms with E-state index in [1.54, 1.807) is 24.3 Å². The van der Waals surface area contributed by atoms with Gasteiger partial charge in [-0.15, -0.1) is 0 Å². The van der Waals surface area contributed by atoms with Crippen molar-refractivity contribution in [2.75, 3.05) is 29.5 Å². The molecule has 0 atom stereocenters. The molecule has 0 unspecified atom stereocenters. The highest BCUT2D eigenvalue weighted by Crippen LogP contribution is 2.38. The van der Waals surface area contributed by atoms with E-state index in [0.717, 1.165) is 18.8 Å². The highest BCUT2D eigenvalue weighted by Gasteiger charge is 2.26. The first-order valence-corrected chi connectivity index (χ1v) is 9.30. The number of benzene rings is 2. The van der Waals surface area contributed by atoms with Crippen molar-refractivity contribution in [3.05, 3.63) is 42.5 Å². The van der Waals surface area contributed by atoms with Gasteiger partial charge in [0.1, 0.15) is 4.90 Å². The van der Waals surface area contributed by atoms with Crippen molar-refractivity contribution in [3.8, 4) is 11.5 Å². The Morgan fingerprint density at radius 1 is 1.04 bits per heavy atom. The molecule has 6 nitrogen and oxygen atoms in total. The second-order valence-corrected chi connectivity index (χ2v) is 6.97. The molecule has 1 heterocycles. The van der Waals surface area contributed by atoms with Gasteiger partial charge in [0, 0.05) is 24.5 Å². The summed E-state index contributed by atoms with van der Waals surface area (Å²) in [6.45, 7) is 5.99. The molecule has 0 amide bonds. The van der Waals surface area contributed by atoms with Gasteiger partial charge in [-0.2, -0.15) is 0 Å². The van der Waals surface area contributed by atoms with Gasteiger partial charge in [0.25, 0.3) is 10.0 Å². The predicted octanol–water partition coefficient (Wildman–Crippen LogP) is 3.06. The van der Waals surface area contributed by atoms with E-state index in [9.17, 15) is 8.42 Å². The molecule has 0 aromatic heterocycles. The fraction of sp³-hybridized carbons (Fsp3) is 0.294. The van der Waals surface area contributed by atoms with E-state index in [4.69, 9.17) is 9.47 Å². The second-order valence-electron chi connectivity index (χ2n) is 5.31. The lowest BCUT2D eigenvalue weighted by Gasteiger charge is -2.21. The Balaban J connectivity index is 1.84. The van der Waals surface area contributed by atoms with Crippen molar-refractivity contribution >= 4 is 21.4 Å². The standard InChI is InChI=1S/C17H20N2O4S/c1-3-19(4-2)14-10-8-13(9-11-14)18-24(20,21)16-7-5-6-15-17(16)23-12-22-15/h5-11,18H,3-4,12H2,1-2H3. The Hall–Kier alpha value is -2.41. The van der Waals surface area contributed by atoms with Crippen LogP contribution in [0.15, 0.2) is 47.4 Å². The zero-order valence-corrected chi connectivity index (χ0v) is 14.5. The number of ether oxygens (including phenoxy) is 2. The summed E-state index contributed by atoms with van der Waals surface area (Å²) in [5.41, 5.74) is 1.56. The minimum Gasteiger partial charge on any atom is -0.454 e. The van der Waals surface area contributed by atoms with Gasteiger partial charge in [0.15, 0.2) is 11.5 Å². The van der Waals surface area contributed by atoms with E-state index in [1.165, 1.54) is 6.07 Å². The summed E-state index contributed by atoms with van der Waals surface area (Å²) in [6.07, 6.45) is 0. The maximum atomic E-state index is 12.6. The Kier molecular flexibility index (Phi) is 4.53. The molecular formula is C17H20N2O4S. The normalized spacial score (nSPS) is 12.9. The number of nitrogens with one attached hydrogen (secondary N) is 1. The van der Waals surface area contributed by atoms with E-state index >= 15 is 0 Å². The Labute approximate surface area is 142 Å². The minimum absolute atomic E-state index is 0.0282. The number of fused-ring (bicyclic) bond motifs is 1. The summed E-state index contributed by atoms with van der Waals surface area (Å²) in [5, 5.41) is 0. The highest BCUT2D eigenvalue weighted by atomic mass is 32.2. The second kappa shape index (κ2) is 6.60.